The van der Waals surface area contributed by atoms with Crippen LogP contribution in [0.3, 0.4) is 0 Å². The average Bonchev–Trinajstić information content (AvgIpc) is 3.20. The predicted molar refractivity (Wildman–Crippen MR) is 132 cm³/mol. The number of nitrogens with zero attached hydrogens (tertiary/aromatic N) is 2. The van der Waals surface area contributed by atoms with Gasteiger partial charge in [-0.05, 0) is 60.7 Å². The number of para-hydroxylation sites is 4. The number of aromatic nitrogens is 2. The van der Waals surface area contributed by atoms with Gasteiger partial charge in [0.15, 0.2) is 11.5 Å². The molecule has 1 aromatic heterocycles. The van der Waals surface area contributed by atoms with Gasteiger partial charge in [-0.3, -0.25) is 0 Å². The van der Waals surface area contributed by atoms with E-state index in [9.17, 15) is 0 Å². The standard InChI is InChI=1S/C28H32N2O3/c1-21(2)22-14-16-23(17-15-22)33-20-28-29-24-10-4-5-11-25(24)30(28)18-8-9-19-32-27-13-7-6-12-26(27)31-3/h4-7,10-17,21H,8-9,18-20H2,1-3H3. The second-order valence-electron chi connectivity index (χ2n) is 8.39. The molecule has 0 aliphatic rings. The second kappa shape index (κ2) is 10.9. The molecule has 4 aromatic rings. The molecule has 4 rings (SSSR count). The molecule has 5 nitrogen and oxygen atoms in total. The largest absolute Gasteiger partial charge is 0.493 e. The lowest BCUT2D eigenvalue weighted by molar-refractivity contribution is 0.278. The zero-order chi connectivity index (χ0) is 23.0. The Morgan fingerprint density at radius 3 is 2.30 bits per heavy atom. The van der Waals surface area contributed by atoms with E-state index in [0.29, 0.717) is 19.1 Å². The molecule has 0 saturated heterocycles. The van der Waals surface area contributed by atoms with Gasteiger partial charge in [0.2, 0.25) is 0 Å². The first-order valence-electron chi connectivity index (χ1n) is 11.6. The molecule has 0 aliphatic carbocycles. The lowest BCUT2D eigenvalue weighted by Crippen LogP contribution is -2.09. The molecular weight excluding hydrogens is 412 g/mol. The van der Waals surface area contributed by atoms with Crippen LogP contribution in [0.15, 0.2) is 72.8 Å². The van der Waals surface area contributed by atoms with E-state index in [1.807, 2.05) is 42.5 Å². The van der Waals surface area contributed by atoms with E-state index in [4.69, 9.17) is 19.2 Å². The van der Waals surface area contributed by atoms with Crippen LogP contribution in [-0.2, 0) is 13.2 Å². The minimum atomic E-state index is 0.438. The van der Waals surface area contributed by atoms with Crippen molar-refractivity contribution in [2.24, 2.45) is 0 Å². The van der Waals surface area contributed by atoms with E-state index in [2.05, 4.69) is 48.7 Å². The van der Waals surface area contributed by atoms with Gasteiger partial charge >= 0.3 is 0 Å². The van der Waals surface area contributed by atoms with E-state index in [-0.39, 0.29) is 0 Å². The van der Waals surface area contributed by atoms with Gasteiger partial charge in [0.25, 0.3) is 0 Å². The Morgan fingerprint density at radius 2 is 1.55 bits per heavy atom. The minimum Gasteiger partial charge on any atom is -0.493 e. The Labute approximate surface area is 195 Å². The van der Waals surface area contributed by atoms with Gasteiger partial charge in [-0.1, -0.05) is 50.2 Å². The van der Waals surface area contributed by atoms with E-state index in [1.165, 1.54) is 5.56 Å². The fourth-order valence-corrected chi connectivity index (χ4v) is 3.87. The molecule has 0 bridgehead atoms. The average molecular weight is 445 g/mol. The minimum absolute atomic E-state index is 0.438. The molecule has 172 valence electrons. The normalized spacial score (nSPS) is 11.2. The van der Waals surface area contributed by atoms with Crippen LogP contribution in [0.5, 0.6) is 17.2 Å². The Bertz CT molecular complexity index is 1170. The monoisotopic (exact) mass is 444 g/mol. The number of fused-ring (bicyclic) bond motifs is 1. The lowest BCUT2D eigenvalue weighted by Gasteiger charge is -2.12. The van der Waals surface area contributed by atoms with Gasteiger partial charge in [-0.2, -0.15) is 0 Å². The summed E-state index contributed by atoms with van der Waals surface area (Å²) in [6.45, 7) is 6.33. The number of methoxy groups -OCH3 is 1. The number of unbranched alkanes of at least 4 members (excludes halogenated alkanes) is 1. The van der Waals surface area contributed by atoms with E-state index in [1.54, 1.807) is 7.11 Å². The molecule has 3 aromatic carbocycles. The molecular formula is C28H32N2O3. The maximum absolute atomic E-state index is 6.09. The van der Waals surface area contributed by atoms with Crippen molar-refractivity contribution in [1.82, 2.24) is 9.55 Å². The van der Waals surface area contributed by atoms with Crippen LogP contribution in [0.1, 0.15) is 44.0 Å². The van der Waals surface area contributed by atoms with Gasteiger partial charge in [-0.25, -0.2) is 4.98 Å². The number of rotatable bonds is 11. The molecule has 1 heterocycles. The van der Waals surface area contributed by atoms with E-state index < -0.39 is 0 Å². The highest BCUT2D eigenvalue weighted by molar-refractivity contribution is 5.75. The van der Waals surface area contributed by atoms with Gasteiger partial charge < -0.3 is 18.8 Å². The first kappa shape index (κ1) is 22.7. The van der Waals surface area contributed by atoms with Crippen LogP contribution < -0.4 is 14.2 Å². The highest BCUT2D eigenvalue weighted by Gasteiger charge is 2.11. The number of benzene rings is 3. The smallest absolute Gasteiger partial charge is 0.161 e. The van der Waals surface area contributed by atoms with Crippen molar-refractivity contribution in [1.29, 1.82) is 0 Å². The van der Waals surface area contributed by atoms with Crippen molar-refractivity contribution in [2.75, 3.05) is 13.7 Å². The summed E-state index contributed by atoms with van der Waals surface area (Å²) in [6.07, 6.45) is 1.91. The van der Waals surface area contributed by atoms with Crippen LogP contribution in [0.25, 0.3) is 11.0 Å². The van der Waals surface area contributed by atoms with Crippen LogP contribution in [0.2, 0.25) is 0 Å². The molecule has 0 N–H and O–H groups in total. The molecule has 0 fully saturated rings. The van der Waals surface area contributed by atoms with Crippen molar-refractivity contribution >= 4 is 11.0 Å². The van der Waals surface area contributed by atoms with Crippen molar-refractivity contribution in [3.8, 4) is 17.2 Å². The summed E-state index contributed by atoms with van der Waals surface area (Å²) >= 11 is 0. The first-order valence-corrected chi connectivity index (χ1v) is 11.6. The molecule has 0 atom stereocenters. The maximum Gasteiger partial charge on any atom is 0.161 e. The number of aryl methyl sites for hydroxylation is 1. The van der Waals surface area contributed by atoms with Crippen LogP contribution in [-0.4, -0.2) is 23.3 Å². The van der Waals surface area contributed by atoms with Crippen molar-refractivity contribution in [3.63, 3.8) is 0 Å². The molecule has 0 unspecified atom stereocenters. The molecule has 0 spiro atoms. The summed E-state index contributed by atoms with van der Waals surface area (Å²) in [6, 6.07) is 24.3. The fraction of sp³-hybridized carbons (Fsp3) is 0.321. The SMILES string of the molecule is COc1ccccc1OCCCCn1c(COc2ccc(C(C)C)cc2)nc2ccccc21. The lowest BCUT2D eigenvalue weighted by atomic mass is 10.0. The Hall–Kier alpha value is -3.47. The van der Waals surface area contributed by atoms with Gasteiger partial charge in [-0.15, -0.1) is 0 Å². The Balaban J connectivity index is 1.37. The Morgan fingerprint density at radius 1 is 0.818 bits per heavy atom. The Kier molecular flexibility index (Phi) is 7.51. The topological polar surface area (TPSA) is 45.5 Å². The van der Waals surface area contributed by atoms with Crippen molar-refractivity contribution in [2.45, 2.75) is 45.8 Å². The molecule has 0 aliphatic heterocycles. The number of hydrogen-bond donors (Lipinski definition) is 0. The van der Waals surface area contributed by atoms with Crippen LogP contribution in [0.4, 0.5) is 0 Å². The molecule has 5 heteroatoms. The summed E-state index contributed by atoms with van der Waals surface area (Å²) in [5.74, 6) is 3.86. The zero-order valence-electron chi connectivity index (χ0n) is 19.7. The third kappa shape index (κ3) is 5.67. The molecule has 33 heavy (non-hydrogen) atoms. The summed E-state index contributed by atoms with van der Waals surface area (Å²) < 4.78 is 19.6. The summed E-state index contributed by atoms with van der Waals surface area (Å²) in [5, 5.41) is 0. The number of hydrogen-bond acceptors (Lipinski definition) is 4. The molecule has 0 saturated carbocycles. The van der Waals surface area contributed by atoms with Crippen LogP contribution >= 0.6 is 0 Å². The first-order chi connectivity index (χ1) is 16.2. The fourth-order valence-electron chi connectivity index (χ4n) is 3.87. The predicted octanol–water partition coefficient (Wildman–Crippen LogP) is 6.61. The van der Waals surface area contributed by atoms with Crippen LogP contribution in [0, 0.1) is 0 Å². The molecule has 0 amide bonds. The number of imidazole rings is 1. The third-order valence-electron chi connectivity index (χ3n) is 5.75. The third-order valence-corrected chi connectivity index (χ3v) is 5.75. The second-order valence-corrected chi connectivity index (χ2v) is 8.39. The number of ether oxygens (including phenoxy) is 3. The van der Waals surface area contributed by atoms with E-state index >= 15 is 0 Å². The zero-order valence-corrected chi connectivity index (χ0v) is 19.7. The van der Waals surface area contributed by atoms with E-state index in [0.717, 1.165) is 53.5 Å². The summed E-state index contributed by atoms with van der Waals surface area (Å²) in [5.41, 5.74) is 3.44. The maximum atomic E-state index is 6.09. The van der Waals surface area contributed by atoms with Crippen molar-refractivity contribution in [3.05, 3.63) is 84.2 Å². The van der Waals surface area contributed by atoms with Gasteiger partial charge in [0, 0.05) is 6.54 Å². The quantitative estimate of drug-likeness (QED) is 0.244. The van der Waals surface area contributed by atoms with Gasteiger partial charge in [0.1, 0.15) is 18.2 Å². The highest BCUT2D eigenvalue weighted by atomic mass is 16.5. The van der Waals surface area contributed by atoms with Crippen molar-refractivity contribution < 1.29 is 14.2 Å². The van der Waals surface area contributed by atoms with Gasteiger partial charge in [0.05, 0.1) is 24.8 Å². The summed E-state index contributed by atoms with van der Waals surface area (Å²) in [4.78, 5) is 4.83. The summed E-state index contributed by atoms with van der Waals surface area (Å²) in [7, 11) is 1.66. The highest BCUT2D eigenvalue weighted by Crippen LogP contribution is 2.26. The molecule has 0 radical (unpaired) electrons.